The lowest BCUT2D eigenvalue weighted by atomic mass is 9.89. The van der Waals surface area contributed by atoms with Crippen LogP contribution in [-0.4, -0.2) is 11.1 Å². The van der Waals surface area contributed by atoms with Crippen LogP contribution >= 0.6 is 0 Å². The summed E-state index contributed by atoms with van der Waals surface area (Å²) in [6.45, 7) is 2.30. The molecule has 0 saturated heterocycles. The first-order chi connectivity index (χ1) is 6.84. The van der Waals surface area contributed by atoms with Crippen molar-refractivity contribution in [2.24, 2.45) is 5.92 Å². The fourth-order valence-corrected chi connectivity index (χ4v) is 2.09. The molecule has 76 valence electrons. The van der Waals surface area contributed by atoms with Crippen LogP contribution in [0.3, 0.4) is 0 Å². The van der Waals surface area contributed by atoms with Gasteiger partial charge in [0, 0.05) is 6.20 Å². The van der Waals surface area contributed by atoms with E-state index in [1.165, 1.54) is 25.7 Å². The van der Waals surface area contributed by atoms with Crippen LogP contribution in [0.25, 0.3) is 0 Å². The van der Waals surface area contributed by atoms with Crippen LogP contribution in [0.1, 0.15) is 32.6 Å². The molecule has 0 radical (unpaired) electrons. The third-order valence-electron chi connectivity index (χ3n) is 2.83. The van der Waals surface area contributed by atoms with E-state index >= 15 is 0 Å². The van der Waals surface area contributed by atoms with Gasteiger partial charge in [-0.05, 0) is 37.3 Å². The summed E-state index contributed by atoms with van der Waals surface area (Å²) >= 11 is 0. The molecule has 1 fully saturated rings. The number of hydrogen-bond acceptors (Lipinski definition) is 2. The van der Waals surface area contributed by atoms with Gasteiger partial charge < -0.3 is 4.74 Å². The summed E-state index contributed by atoms with van der Waals surface area (Å²) in [5, 5.41) is 0. The van der Waals surface area contributed by atoms with Crippen molar-refractivity contribution in [1.29, 1.82) is 0 Å². The maximum absolute atomic E-state index is 5.86. The molecule has 0 spiro atoms. The van der Waals surface area contributed by atoms with E-state index in [4.69, 9.17) is 4.74 Å². The van der Waals surface area contributed by atoms with Crippen LogP contribution in [0.2, 0.25) is 0 Å². The maximum Gasteiger partial charge on any atom is 0.137 e. The Labute approximate surface area is 85.3 Å². The highest BCUT2D eigenvalue weighted by molar-refractivity contribution is 5.15. The molecule has 1 aromatic rings. The van der Waals surface area contributed by atoms with E-state index in [0.29, 0.717) is 6.10 Å². The van der Waals surface area contributed by atoms with E-state index in [9.17, 15) is 0 Å². The summed E-state index contributed by atoms with van der Waals surface area (Å²) in [4.78, 5) is 4.04. The van der Waals surface area contributed by atoms with Crippen molar-refractivity contribution in [2.75, 3.05) is 0 Å². The molecule has 0 N–H and O–H groups in total. The number of hydrogen-bond donors (Lipinski definition) is 0. The van der Waals surface area contributed by atoms with Gasteiger partial charge in [0.05, 0.1) is 12.3 Å². The fourth-order valence-electron chi connectivity index (χ4n) is 2.09. The van der Waals surface area contributed by atoms with E-state index < -0.39 is 0 Å². The van der Waals surface area contributed by atoms with Gasteiger partial charge >= 0.3 is 0 Å². The SMILES string of the molecule is CC1CCCC(Oc2cccnc2)C1. The molecule has 2 nitrogen and oxygen atoms in total. The second-order valence-electron chi connectivity index (χ2n) is 4.20. The Balaban J connectivity index is 1.91. The highest BCUT2D eigenvalue weighted by atomic mass is 16.5. The van der Waals surface area contributed by atoms with Gasteiger partial charge in [0.15, 0.2) is 0 Å². The summed E-state index contributed by atoms with van der Waals surface area (Å²) in [5.74, 6) is 1.72. The average Bonchev–Trinajstić information content (AvgIpc) is 2.19. The van der Waals surface area contributed by atoms with Crippen LogP contribution < -0.4 is 4.74 Å². The van der Waals surface area contributed by atoms with E-state index in [1.807, 2.05) is 12.1 Å². The van der Waals surface area contributed by atoms with E-state index in [-0.39, 0.29) is 0 Å². The summed E-state index contributed by atoms with van der Waals surface area (Å²) in [6, 6.07) is 3.90. The van der Waals surface area contributed by atoms with Gasteiger partial charge in [-0.1, -0.05) is 13.3 Å². The average molecular weight is 191 g/mol. The van der Waals surface area contributed by atoms with Gasteiger partial charge in [-0.3, -0.25) is 4.98 Å². The highest BCUT2D eigenvalue weighted by Gasteiger charge is 2.19. The first kappa shape index (κ1) is 9.50. The van der Waals surface area contributed by atoms with Crippen molar-refractivity contribution >= 4 is 0 Å². The minimum atomic E-state index is 0.406. The monoisotopic (exact) mass is 191 g/mol. The van der Waals surface area contributed by atoms with Gasteiger partial charge in [0.25, 0.3) is 0 Å². The molecule has 1 saturated carbocycles. The summed E-state index contributed by atoms with van der Waals surface area (Å²) in [7, 11) is 0. The van der Waals surface area contributed by atoms with Crippen LogP contribution in [0.4, 0.5) is 0 Å². The lowest BCUT2D eigenvalue weighted by Crippen LogP contribution is -2.24. The van der Waals surface area contributed by atoms with Crippen LogP contribution in [0, 0.1) is 5.92 Å². The number of nitrogens with zero attached hydrogens (tertiary/aromatic N) is 1. The van der Waals surface area contributed by atoms with Gasteiger partial charge in [-0.15, -0.1) is 0 Å². The first-order valence-electron chi connectivity index (χ1n) is 5.41. The smallest absolute Gasteiger partial charge is 0.137 e. The van der Waals surface area contributed by atoms with Crippen molar-refractivity contribution in [3.8, 4) is 5.75 Å². The molecule has 1 aliphatic rings. The van der Waals surface area contributed by atoms with Crippen LogP contribution in [0.15, 0.2) is 24.5 Å². The van der Waals surface area contributed by atoms with Crippen LogP contribution in [-0.2, 0) is 0 Å². The zero-order valence-corrected chi connectivity index (χ0v) is 8.65. The molecule has 0 aliphatic heterocycles. The second kappa shape index (κ2) is 4.45. The Bertz CT molecular complexity index is 273. The molecule has 0 bridgehead atoms. The second-order valence-corrected chi connectivity index (χ2v) is 4.20. The lowest BCUT2D eigenvalue weighted by Gasteiger charge is -2.27. The standard InChI is InChI=1S/C12H17NO/c1-10-4-2-5-11(8-10)14-12-6-3-7-13-9-12/h3,6-7,9-11H,2,4-5,8H2,1H3. The summed E-state index contributed by atoms with van der Waals surface area (Å²) < 4.78 is 5.86. The molecular formula is C12H17NO. The van der Waals surface area contributed by atoms with Crippen molar-refractivity contribution in [3.05, 3.63) is 24.5 Å². The Morgan fingerprint density at radius 3 is 3.07 bits per heavy atom. The van der Waals surface area contributed by atoms with Crippen molar-refractivity contribution in [2.45, 2.75) is 38.7 Å². The number of pyridine rings is 1. The zero-order valence-electron chi connectivity index (χ0n) is 8.65. The van der Waals surface area contributed by atoms with Crippen molar-refractivity contribution < 1.29 is 4.74 Å². The molecule has 2 heteroatoms. The molecule has 2 unspecified atom stereocenters. The summed E-state index contributed by atoms with van der Waals surface area (Å²) in [5.41, 5.74) is 0. The van der Waals surface area contributed by atoms with E-state index in [1.54, 1.807) is 12.4 Å². The topological polar surface area (TPSA) is 22.1 Å². The molecule has 1 heterocycles. The van der Waals surface area contributed by atoms with E-state index in [0.717, 1.165) is 11.7 Å². The van der Waals surface area contributed by atoms with Crippen LogP contribution in [0.5, 0.6) is 5.75 Å². The zero-order chi connectivity index (χ0) is 9.80. The van der Waals surface area contributed by atoms with Gasteiger partial charge in [0.2, 0.25) is 0 Å². The normalized spacial score (nSPS) is 27.2. The Hall–Kier alpha value is -1.05. The highest BCUT2D eigenvalue weighted by Crippen LogP contribution is 2.26. The predicted molar refractivity (Wildman–Crippen MR) is 56.3 cm³/mol. The van der Waals surface area contributed by atoms with Gasteiger partial charge in [-0.2, -0.15) is 0 Å². The van der Waals surface area contributed by atoms with Crippen molar-refractivity contribution in [1.82, 2.24) is 4.98 Å². The lowest BCUT2D eigenvalue weighted by molar-refractivity contribution is 0.129. The number of rotatable bonds is 2. The Morgan fingerprint density at radius 2 is 2.36 bits per heavy atom. The molecular weight excluding hydrogens is 174 g/mol. The Morgan fingerprint density at radius 1 is 1.43 bits per heavy atom. The molecule has 0 amide bonds. The fraction of sp³-hybridized carbons (Fsp3) is 0.583. The molecule has 0 aromatic carbocycles. The molecule has 1 aliphatic carbocycles. The van der Waals surface area contributed by atoms with Crippen molar-refractivity contribution in [3.63, 3.8) is 0 Å². The minimum Gasteiger partial charge on any atom is -0.489 e. The molecule has 2 rings (SSSR count). The number of ether oxygens (including phenoxy) is 1. The molecule has 2 atom stereocenters. The van der Waals surface area contributed by atoms with Gasteiger partial charge in [0.1, 0.15) is 5.75 Å². The quantitative estimate of drug-likeness (QED) is 0.716. The Kier molecular flexibility index (Phi) is 3.02. The van der Waals surface area contributed by atoms with E-state index in [2.05, 4.69) is 11.9 Å². The molecule has 14 heavy (non-hydrogen) atoms. The third kappa shape index (κ3) is 2.47. The maximum atomic E-state index is 5.86. The third-order valence-corrected chi connectivity index (χ3v) is 2.83. The summed E-state index contributed by atoms with van der Waals surface area (Å²) in [6.07, 6.45) is 9.01. The minimum absolute atomic E-state index is 0.406. The number of aromatic nitrogens is 1. The predicted octanol–water partition coefficient (Wildman–Crippen LogP) is 3.04. The molecule has 1 aromatic heterocycles. The van der Waals surface area contributed by atoms with Gasteiger partial charge in [-0.25, -0.2) is 0 Å². The largest absolute Gasteiger partial charge is 0.489 e. The first-order valence-corrected chi connectivity index (χ1v) is 5.41.